The number of carbonyl (C=O) groups excluding carboxylic acids is 1. The summed E-state index contributed by atoms with van der Waals surface area (Å²) in [6, 6.07) is 11.5. The van der Waals surface area contributed by atoms with E-state index in [-0.39, 0.29) is 24.5 Å². The van der Waals surface area contributed by atoms with Crippen LogP contribution in [0.5, 0.6) is 17.4 Å². The summed E-state index contributed by atoms with van der Waals surface area (Å²) in [6.45, 7) is 7.12. The number of fused-ring (bicyclic) bond motifs is 2. The lowest BCUT2D eigenvalue weighted by atomic mass is 9.88. The molecule has 3 rings (SSSR count). The first kappa shape index (κ1) is 23.0. The lowest BCUT2D eigenvalue weighted by molar-refractivity contribution is -0.122. The van der Waals surface area contributed by atoms with Gasteiger partial charge in [-0.2, -0.15) is 0 Å². The largest absolute Gasteiger partial charge is 0.489 e. The van der Waals surface area contributed by atoms with E-state index < -0.39 is 0 Å². The van der Waals surface area contributed by atoms with Crippen molar-refractivity contribution in [2.45, 2.75) is 39.7 Å². The standard InChI is InChI=1S/C24H33N3O4/c1-24(2)11-6-14-27(17-22(29)25-13-7-15-28)16-19-8-5-12-26-23(19)31-21-10-4-3-9-20(21)30-18-24/h3-5,8-10,12,28H,6-7,11,13-18H2,1-2H3,(H,25,29). The number of amides is 1. The van der Waals surface area contributed by atoms with Crippen molar-refractivity contribution in [3.8, 4) is 17.4 Å². The second-order valence-electron chi connectivity index (χ2n) is 8.71. The molecule has 168 valence electrons. The van der Waals surface area contributed by atoms with Crippen molar-refractivity contribution in [2.24, 2.45) is 5.41 Å². The number of aromatic nitrogens is 1. The Bertz CT molecular complexity index is 856. The van der Waals surface area contributed by atoms with Crippen LogP contribution in [-0.2, 0) is 11.3 Å². The molecule has 31 heavy (non-hydrogen) atoms. The molecule has 0 unspecified atom stereocenters. The molecule has 7 nitrogen and oxygen atoms in total. The summed E-state index contributed by atoms with van der Waals surface area (Å²) in [5.74, 6) is 1.80. The van der Waals surface area contributed by atoms with Gasteiger partial charge in [0.1, 0.15) is 0 Å². The molecule has 0 saturated carbocycles. The first-order valence-electron chi connectivity index (χ1n) is 10.9. The molecule has 0 spiro atoms. The maximum absolute atomic E-state index is 12.4. The summed E-state index contributed by atoms with van der Waals surface area (Å²) in [7, 11) is 0. The second kappa shape index (κ2) is 11.1. The van der Waals surface area contributed by atoms with E-state index in [4.69, 9.17) is 14.6 Å². The van der Waals surface area contributed by atoms with Crippen molar-refractivity contribution in [1.82, 2.24) is 15.2 Å². The summed E-state index contributed by atoms with van der Waals surface area (Å²) >= 11 is 0. The molecule has 7 heteroatoms. The van der Waals surface area contributed by atoms with Crippen molar-refractivity contribution >= 4 is 5.91 Å². The zero-order valence-electron chi connectivity index (χ0n) is 18.5. The SMILES string of the molecule is CC1(C)CCCN(CC(=O)NCCCO)Cc2cccnc2Oc2ccccc2OC1. The minimum Gasteiger partial charge on any atom is -0.489 e. The van der Waals surface area contributed by atoms with Crippen LogP contribution in [0.15, 0.2) is 42.6 Å². The summed E-state index contributed by atoms with van der Waals surface area (Å²) in [5.41, 5.74) is 0.903. The van der Waals surface area contributed by atoms with E-state index in [0.29, 0.717) is 43.5 Å². The van der Waals surface area contributed by atoms with Gasteiger partial charge in [-0.25, -0.2) is 4.98 Å². The highest BCUT2D eigenvalue weighted by molar-refractivity contribution is 5.78. The van der Waals surface area contributed by atoms with E-state index in [0.717, 1.165) is 24.9 Å². The number of rotatable bonds is 5. The fourth-order valence-corrected chi connectivity index (χ4v) is 3.54. The number of hydrogen-bond donors (Lipinski definition) is 2. The molecule has 0 saturated heterocycles. The quantitative estimate of drug-likeness (QED) is 0.712. The number of aliphatic hydroxyl groups is 1. The van der Waals surface area contributed by atoms with Crippen molar-refractivity contribution in [3.05, 3.63) is 48.2 Å². The lowest BCUT2D eigenvalue weighted by Gasteiger charge is -2.27. The van der Waals surface area contributed by atoms with Gasteiger partial charge in [0.15, 0.2) is 11.5 Å². The fraction of sp³-hybridized carbons (Fsp3) is 0.500. The van der Waals surface area contributed by atoms with Crippen molar-refractivity contribution < 1.29 is 19.4 Å². The van der Waals surface area contributed by atoms with Crippen LogP contribution >= 0.6 is 0 Å². The Morgan fingerprint density at radius 3 is 2.84 bits per heavy atom. The molecule has 2 aromatic rings. The summed E-state index contributed by atoms with van der Waals surface area (Å²) in [4.78, 5) is 19.0. The maximum atomic E-state index is 12.4. The number of nitrogens with zero attached hydrogens (tertiary/aromatic N) is 2. The van der Waals surface area contributed by atoms with Gasteiger partial charge in [-0.3, -0.25) is 9.69 Å². The predicted octanol–water partition coefficient (Wildman–Crippen LogP) is 3.37. The molecule has 2 heterocycles. The summed E-state index contributed by atoms with van der Waals surface area (Å²) in [6.07, 6.45) is 4.17. The first-order valence-corrected chi connectivity index (χ1v) is 10.9. The average molecular weight is 428 g/mol. The van der Waals surface area contributed by atoms with E-state index in [9.17, 15) is 4.79 Å². The van der Waals surface area contributed by atoms with Crippen molar-refractivity contribution in [2.75, 3.05) is 32.8 Å². The number of para-hydroxylation sites is 2. The molecule has 0 atom stereocenters. The molecule has 1 aliphatic heterocycles. The smallest absolute Gasteiger partial charge is 0.234 e. The van der Waals surface area contributed by atoms with Gasteiger partial charge in [-0.1, -0.05) is 32.0 Å². The Morgan fingerprint density at radius 2 is 2.03 bits per heavy atom. The van der Waals surface area contributed by atoms with E-state index >= 15 is 0 Å². The van der Waals surface area contributed by atoms with Crippen LogP contribution in [0.4, 0.5) is 0 Å². The molecular weight excluding hydrogens is 394 g/mol. The number of aliphatic hydroxyl groups excluding tert-OH is 1. The predicted molar refractivity (Wildman–Crippen MR) is 119 cm³/mol. The highest BCUT2D eigenvalue weighted by Gasteiger charge is 2.23. The molecule has 0 aliphatic carbocycles. The minimum absolute atomic E-state index is 0.0126. The Balaban J connectivity index is 1.84. The topological polar surface area (TPSA) is 83.9 Å². The molecule has 1 aromatic heterocycles. The third kappa shape index (κ3) is 7.22. The van der Waals surface area contributed by atoms with E-state index in [2.05, 4.69) is 29.0 Å². The van der Waals surface area contributed by atoms with Crippen LogP contribution in [0.3, 0.4) is 0 Å². The highest BCUT2D eigenvalue weighted by Crippen LogP contribution is 2.34. The van der Waals surface area contributed by atoms with Gasteiger partial charge in [0.05, 0.1) is 13.2 Å². The molecule has 0 fully saturated rings. The third-order valence-corrected chi connectivity index (χ3v) is 5.27. The highest BCUT2D eigenvalue weighted by atomic mass is 16.5. The fourth-order valence-electron chi connectivity index (χ4n) is 3.54. The van der Waals surface area contributed by atoms with Crippen molar-refractivity contribution in [1.29, 1.82) is 0 Å². The van der Waals surface area contributed by atoms with Gasteiger partial charge in [0.25, 0.3) is 0 Å². The van der Waals surface area contributed by atoms with Crippen LogP contribution in [-0.4, -0.2) is 53.7 Å². The van der Waals surface area contributed by atoms with Crippen LogP contribution in [0.25, 0.3) is 0 Å². The van der Waals surface area contributed by atoms with E-state index in [1.807, 2.05) is 36.4 Å². The molecule has 1 aliphatic rings. The summed E-state index contributed by atoms with van der Waals surface area (Å²) in [5, 5.41) is 11.8. The number of nitrogens with one attached hydrogen (secondary N) is 1. The van der Waals surface area contributed by atoms with Crippen LogP contribution < -0.4 is 14.8 Å². The molecule has 1 amide bonds. The minimum atomic E-state index is -0.0444. The average Bonchev–Trinajstić information content (AvgIpc) is 2.75. The first-order chi connectivity index (χ1) is 15.0. The zero-order chi connectivity index (χ0) is 22.1. The monoisotopic (exact) mass is 427 g/mol. The van der Waals surface area contributed by atoms with Crippen LogP contribution in [0.1, 0.15) is 38.7 Å². The summed E-state index contributed by atoms with van der Waals surface area (Å²) < 4.78 is 12.3. The molecule has 2 N–H and O–H groups in total. The Hall–Kier alpha value is -2.64. The Kier molecular flexibility index (Phi) is 8.26. The number of ether oxygens (including phenoxy) is 2. The Morgan fingerprint density at radius 1 is 1.23 bits per heavy atom. The number of benzene rings is 1. The zero-order valence-corrected chi connectivity index (χ0v) is 18.5. The number of carbonyl (C=O) groups is 1. The van der Waals surface area contributed by atoms with Gasteiger partial charge in [0.2, 0.25) is 11.8 Å². The second-order valence-corrected chi connectivity index (χ2v) is 8.71. The number of hydrogen-bond acceptors (Lipinski definition) is 6. The van der Waals surface area contributed by atoms with Gasteiger partial charge in [-0.15, -0.1) is 0 Å². The molecule has 0 radical (unpaired) electrons. The normalized spacial score (nSPS) is 16.9. The van der Waals surface area contributed by atoms with Gasteiger partial charge in [0, 0.05) is 31.5 Å². The maximum Gasteiger partial charge on any atom is 0.234 e. The third-order valence-electron chi connectivity index (χ3n) is 5.27. The van der Waals surface area contributed by atoms with E-state index in [1.54, 1.807) is 6.20 Å². The van der Waals surface area contributed by atoms with Crippen LogP contribution in [0, 0.1) is 5.41 Å². The lowest BCUT2D eigenvalue weighted by Crippen LogP contribution is -2.38. The Labute approximate surface area is 184 Å². The van der Waals surface area contributed by atoms with Crippen LogP contribution in [0.2, 0.25) is 0 Å². The van der Waals surface area contributed by atoms with E-state index in [1.165, 1.54) is 0 Å². The molecule has 0 bridgehead atoms. The van der Waals surface area contributed by atoms with Gasteiger partial charge >= 0.3 is 0 Å². The molecular formula is C24H33N3O4. The van der Waals surface area contributed by atoms with Crippen molar-refractivity contribution in [3.63, 3.8) is 0 Å². The van der Waals surface area contributed by atoms with Gasteiger partial charge in [-0.05, 0) is 49.4 Å². The molecule has 1 aromatic carbocycles. The number of pyridine rings is 1. The van der Waals surface area contributed by atoms with Gasteiger partial charge < -0.3 is 19.9 Å².